The van der Waals surface area contributed by atoms with Crippen LogP contribution in [0.15, 0.2) is 72.4 Å². The fraction of sp³-hybridized carbons (Fsp3) is 0.111. The van der Waals surface area contributed by atoms with E-state index in [0.717, 1.165) is 33.2 Å². The smallest absolute Gasteiger partial charge is 0.266 e. The highest BCUT2D eigenvalue weighted by Crippen LogP contribution is 2.27. The van der Waals surface area contributed by atoms with Crippen molar-refractivity contribution in [3.8, 4) is 6.07 Å². The van der Waals surface area contributed by atoms with Gasteiger partial charge in [-0.3, -0.25) is 4.79 Å². The minimum absolute atomic E-state index is 0.0284. The summed E-state index contributed by atoms with van der Waals surface area (Å²) in [5.74, 6) is -0.446. The van der Waals surface area contributed by atoms with Crippen molar-refractivity contribution in [1.82, 2.24) is 4.57 Å². The molecule has 3 aromatic carbocycles. The Hall–Kier alpha value is -3.52. The molecule has 4 rings (SSSR count). The van der Waals surface area contributed by atoms with Crippen LogP contribution in [0.25, 0.3) is 17.0 Å². The number of nitrogens with zero attached hydrogens (tertiary/aromatic N) is 2. The zero-order chi connectivity index (χ0) is 23.5. The molecule has 0 saturated heterocycles. The van der Waals surface area contributed by atoms with Crippen LogP contribution in [0, 0.1) is 25.2 Å². The summed E-state index contributed by atoms with van der Waals surface area (Å²) in [4.78, 5) is 12.8. The third-order valence-corrected chi connectivity index (χ3v) is 6.19. The molecule has 6 heteroatoms. The minimum Gasteiger partial charge on any atom is -0.342 e. The number of hydrogen-bond donors (Lipinski definition) is 1. The van der Waals surface area contributed by atoms with Crippen LogP contribution in [0.4, 0.5) is 5.69 Å². The van der Waals surface area contributed by atoms with Crippen molar-refractivity contribution in [3.63, 3.8) is 0 Å². The zero-order valence-corrected chi connectivity index (χ0v) is 19.7. The number of amides is 1. The average Bonchev–Trinajstić information content (AvgIpc) is 3.13. The maximum atomic E-state index is 12.8. The van der Waals surface area contributed by atoms with Crippen LogP contribution in [0.5, 0.6) is 0 Å². The first kappa shape index (κ1) is 22.7. The third kappa shape index (κ3) is 4.96. The molecule has 1 aromatic heterocycles. The molecule has 0 aliphatic carbocycles. The monoisotopic (exact) mass is 473 g/mol. The molecule has 0 fully saturated rings. The van der Waals surface area contributed by atoms with Gasteiger partial charge in [0, 0.05) is 44.9 Å². The minimum atomic E-state index is -0.446. The van der Waals surface area contributed by atoms with Gasteiger partial charge in [-0.2, -0.15) is 5.26 Å². The van der Waals surface area contributed by atoms with Gasteiger partial charge in [0.25, 0.3) is 5.91 Å². The second kappa shape index (κ2) is 9.54. The lowest BCUT2D eigenvalue weighted by molar-refractivity contribution is -0.112. The SMILES string of the molecule is Cc1ccc(NC(=O)C(C#N)=Cc2cn(Cc3ccc(Cl)cc3Cl)c3ccccc23)cc1C. The zero-order valence-electron chi connectivity index (χ0n) is 18.2. The normalized spacial score (nSPS) is 11.4. The summed E-state index contributed by atoms with van der Waals surface area (Å²) < 4.78 is 2.05. The maximum Gasteiger partial charge on any atom is 0.266 e. The fourth-order valence-electron chi connectivity index (χ4n) is 3.68. The van der Waals surface area contributed by atoms with Gasteiger partial charge in [-0.25, -0.2) is 0 Å². The van der Waals surface area contributed by atoms with E-state index < -0.39 is 5.91 Å². The van der Waals surface area contributed by atoms with Crippen LogP contribution in [0.1, 0.15) is 22.3 Å². The van der Waals surface area contributed by atoms with Crippen LogP contribution in [0.2, 0.25) is 10.0 Å². The number of para-hydroxylation sites is 1. The van der Waals surface area contributed by atoms with Crippen LogP contribution >= 0.6 is 23.2 Å². The average molecular weight is 474 g/mol. The molecule has 1 N–H and O–H groups in total. The molecular formula is C27H21Cl2N3O. The highest BCUT2D eigenvalue weighted by Gasteiger charge is 2.14. The van der Waals surface area contributed by atoms with Gasteiger partial charge in [0.2, 0.25) is 0 Å². The third-order valence-electron chi connectivity index (χ3n) is 5.60. The van der Waals surface area contributed by atoms with Gasteiger partial charge in [0.1, 0.15) is 11.6 Å². The van der Waals surface area contributed by atoms with Crippen LogP contribution in [-0.4, -0.2) is 10.5 Å². The van der Waals surface area contributed by atoms with E-state index in [-0.39, 0.29) is 5.57 Å². The summed E-state index contributed by atoms with van der Waals surface area (Å²) >= 11 is 12.4. The lowest BCUT2D eigenvalue weighted by Crippen LogP contribution is -2.13. The molecule has 4 aromatic rings. The molecule has 0 aliphatic heterocycles. The topological polar surface area (TPSA) is 57.8 Å². The number of halogens is 2. The summed E-state index contributed by atoms with van der Waals surface area (Å²) in [6, 6.07) is 21.0. The number of rotatable bonds is 5. The summed E-state index contributed by atoms with van der Waals surface area (Å²) in [5, 5.41) is 14.6. The number of fused-ring (bicyclic) bond motifs is 1. The van der Waals surface area contributed by atoms with E-state index in [1.807, 2.05) is 79.2 Å². The van der Waals surface area contributed by atoms with Gasteiger partial charge in [-0.05, 0) is 66.9 Å². The van der Waals surface area contributed by atoms with Crippen molar-refractivity contribution in [1.29, 1.82) is 5.26 Å². The molecule has 1 heterocycles. The Kier molecular flexibility index (Phi) is 6.55. The standard InChI is InChI=1S/C27H21Cl2N3O/c1-17-7-10-23(11-18(17)2)31-27(33)20(14-30)12-21-16-32(26-6-4-3-5-24(21)26)15-19-8-9-22(28)13-25(19)29/h3-13,16H,15H2,1-2H3,(H,31,33). The number of benzene rings is 3. The van der Waals surface area contributed by atoms with Crippen molar-refractivity contribution in [2.45, 2.75) is 20.4 Å². The molecule has 0 atom stereocenters. The largest absolute Gasteiger partial charge is 0.342 e. The van der Waals surface area contributed by atoms with Crippen molar-refractivity contribution in [3.05, 3.63) is 105 Å². The summed E-state index contributed by atoms with van der Waals surface area (Å²) in [6.07, 6.45) is 3.55. The van der Waals surface area contributed by atoms with E-state index >= 15 is 0 Å². The molecule has 0 unspecified atom stereocenters. The van der Waals surface area contributed by atoms with E-state index in [1.165, 1.54) is 0 Å². The number of nitrogens with one attached hydrogen (secondary N) is 1. The summed E-state index contributed by atoms with van der Waals surface area (Å²) in [6.45, 7) is 4.52. The van der Waals surface area contributed by atoms with E-state index in [4.69, 9.17) is 23.2 Å². The van der Waals surface area contributed by atoms with Crippen LogP contribution < -0.4 is 5.32 Å². The number of nitriles is 1. The van der Waals surface area contributed by atoms with E-state index in [2.05, 4.69) is 5.32 Å². The Bertz CT molecular complexity index is 1440. The Balaban J connectivity index is 1.68. The predicted molar refractivity (Wildman–Crippen MR) is 136 cm³/mol. The molecule has 0 radical (unpaired) electrons. The Morgan fingerprint density at radius 1 is 1.06 bits per heavy atom. The predicted octanol–water partition coefficient (Wildman–Crippen LogP) is 7.16. The molecule has 164 valence electrons. The number of aromatic nitrogens is 1. The van der Waals surface area contributed by atoms with Gasteiger partial charge in [-0.15, -0.1) is 0 Å². The summed E-state index contributed by atoms with van der Waals surface area (Å²) in [7, 11) is 0. The van der Waals surface area contributed by atoms with Crippen LogP contribution in [0.3, 0.4) is 0 Å². The first-order valence-electron chi connectivity index (χ1n) is 10.4. The Labute approximate surface area is 202 Å². The number of carbonyl (C=O) groups is 1. The first-order chi connectivity index (χ1) is 15.9. The lowest BCUT2D eigenvalue weighted by Gasteiger charge is -2.08. The molecule has 33 heavy (non-hydrogen) atoms. The quantitative estimate of drug-likeness (QED) is 0.247. The van der Waals surface area contributed by atoms with Gasteiger partial charge in [0.15, 0.2) is 0 Å². The molecular weight excluding hydrogens is 453 g/mol. The maximum absolute atomic E-state index is 12.8. The first-order valence-corrected chi connectivity index (χ1v) is 11.1. The van der Waals surface area contributed by atoms with E-state index in [9.17, 15) is 10.1 Å². The van der Waals surface area contributed by atoms with Gasteiger partial charge in [-0.1, -0.05) is 53.5 Å². The molecule has 1 amide bonds. The van der Waals surface area contributed by atoms with Gasteiger partial charge in [0.05, 0.1) is 0 Å². The molecule has 0 saturated carbocycles. The van der Waals surface area contributed by atoms with Crippen molar-refractivity contribution >= 4 is 51.8 Å². The Morgan fingerprint density at radius 3 is 2.58 bits per heavy atom. The molecule has 0 bridgehead atoms. The van der Waals surface area contributed by atoms with Crippen molar-refractivity contribution in [2.24, 2.45) is 0 Å². The summed E-state index contributed by atoms with van der Waals surface area (Å²) in [5.41, 5.74) is 5.57. The van der Waals surface area contributed by atoms with Gasteiger partial charge < -0.3 is 9.88 Å². The molecule has 4 nitrogen and oxygen atoms in total. The number of carbonyl (C=O) groups excluding carboxylic acids is 1. The number of aryl methyl sites for hydroxylation is 2. The van der Waals surface area contributed by atoms with E-state index in [0.29, 0.717) is 22.3 Å². The Morgan fingerprint density at radius 2 is 1.85 bits per heavy atom. The van der Waals surface area contributed by atoms with E-state index in [1.54, 1.807) is 18.2 Å². The fourth-order valence-corrected chi connectivity index (χ4v) is 4.14. The molecule has 0 spiro atoms. The van der Waals surface area contributed by atoms with Crippen molar-refractivity contribution < 1.29 is 4.79 Å². The molecule has 0 aliphatic rings. The second-order valence-corrected chi connectivity index (χ2v) is 8.73. The highest BCUT2D eigenvalue weighted by atomic mass is 35.5. The van der Waals surface area contributed by atoms with Crippen LogP contribution in [-0.2, 0) is 11.3 Å². The number of anilines is 1. The number of hydrogen-bond acceptors (Lipinski definition) is 2. The van der Waals surface area contributed by atoms with Crippen molar-refractivity contribution in [2.75, 3.05) is 5.32 Å². The highest BCUT2D eigenvalue weighted by molar-refractivity contribution is 6.35. The second-order valence-electron chi connectivity index (χ2n) is 7.89. The lowest BCUT2D eigenvalue weighted by atomic mass is 10.1. The van der Waals surface area contributed by atoms with Gasteiger partial charge >= 0.3 is 0 Å².